The monoisotopic (exact) mass is 1510 g/mol. The number of rotatable bonds is 0. The van der Waals surface area contributed by atoms with Crippen LogP contribution in [0.2, 0.25) is 0 Å². The van der Waals surface area contributed by atoms with Crippen molar-refractivity contribution in [1.82, 2.24) is 4.57 Å². The average molecular weight is 1510 g/mol. The van der Waals surface area contributed by atoms with E-state index in [1.165, 1.54) is 97.9 Å². The van der Waals surface area contributed by atoms with Crippen molar-refractivity contribution in [2.24, 2.45) is 7.05 Å². The Hall–Kier alpha value is -9.04. The molecule has 0 bridgehead atoms. The van der Waals surface area contributed by atoms with E-state index in [0.717, 1.165) is 0 Å². The number of aryl methyl sites for hydroxylation is 1. The molecule has 0 saturated heterocycles. The summed E-state index contributed by atoms with van der Waals surface area (Å²) < 4.78 is 2.24. The van der Waals surface area contributed by atoms with Crippen molar-refractivity contribution in [3.05, 3.63) is 314 Å². The van der Waals surface area contributed by atoms with Crippen LogP contribution in [-0.2, 0) is 12.5 Å². The Morgan fingerprint density at radius 3 is 0.514 bits per heavy atom. The Morgan fingerprint density at radius 1 is 0.153 bits per heavy atom. The summed E-state index contributed by atoms with van der Waals surface area (Å²) in [4.78, 5) is 0. The van der Waals surface area contributed by atoms with Gasteiger partial charge < -0.3 is 4.57 Å². The fourth-order valence-electron chi connectivity index (χ4n) is 10.2. The number of hydrogen-bond donors (Lipinski definition) is 0. The minimum atomic E-state index is 0.160. The van der Waals surface area contributed by atoms with Gasteiger partial charge in [0, 0.05) is 34.3 Å². The van der Waals surface area contributed by atoms with E-state index < -0.39 is 0 Å². The Morgan fingerprint density at radius 2 is 0.306 bits per heavy atom. The van der Waals surface area contributed by atoms with E-state index in [1.54, 1.807) is 0 Å². The first-order valence-corrected chi connectivity index (χ1v) is 44.2. The summed E-state index contributed by atoms with van der Waals surface area (Å²) in [7, 11) is 2.12. The molecule has 13 aromatic carbocycles. The number of benzene rings is 13. The Balaban J connectivity index is -0.000000128. The maximum absolute atomic E-state index is 2.30. The van der Waals surface area contributed by atoms with E-state index >= 15 is 0 Å². The van der Waals surface area contributed by atoms with Crippen LogP contribution in [0.4, 0.5) is 0 Å². The van der Waals surface area contributed by atoms with E-state index in [9.17, 15) is 0 Å². The van der Waals surface area contributed by atoms with Crippen molar-refractivity contribution in [3.8, 4) is 11.1 Å². The maximum Gasteiger partial charge on any atom is 0.0488 e. The highest BCUT2D eigenvalue weighted by atomic mass is 14.9. The average Bonchev–Trinajstić information content (AvgIpc) is 1.60. The fraction of sp³-hybridized carbons (Fsp3) is 0.382. The van der Waals surface area contributed by atoms with Gasteiger partial charge in [-0.25, -0.2) is 0 Å². The van der Waals surface area contributed by atoms with Gasteiger partial charge in [0.2, 0.25) is 0 Å². The van der Waals surface area contributed by atoms with E-state index in [1.807, 2.05) is 300 Å². The highest BCUT2D eigenvalue weighted by molar-refractivity contribution is 6.09. The zero-order chi connectivity index (χ0) is 87.8. The van der Waals surface area contributed by atoms with Gasteiger partial charge in [0.25, 0.3) is 0 Å². The standard InChI is InChI=1S/C15H14.2C14H10.C13H11N.C10H8.C6H6.19C2H6/c1-15(2)13-9-5-3-7-11(13)12-8-4-6-10-14(12)15;2*1-3-7-13-11(5-1)9-10-12-6-2-4-8-14(12)13;1-14-12-8-4-2-6-10(12)11-7-3-5-9-13(11)14;1-2-6-10-8-4-3-7-9(10)5-1;1-2-4-6-5-3-1;19*1-2/h3-10H,1-2H3;2*1-10H;2-9H,1H3;1-8H;1-6H;19*1-2H3. The molecule has 0 spiro atoms. The third kappa shape index (κ3) is 44.6. The molecule has 618 valence electrons. The van der Waals surface area contributed by atoms with Crippen molar-refractivity contribution >= 4 is 75.7 Å². The molecule has 1 aliphatic carbocycles. The number of aromatic nitrogens is 1. The molecule has 1 heterocycles. The molecule has 0 amide bonds. The molecule has 0 atom stereocenters. The molecule has 0 radical (unpaired) electrons. The van der Waals surface area contributed by atoms with Crippen molar-refractivity contribution < 1.29 is 0 Å². The molecular formula is C110H173N. The van der Waals surface area contributed by atoms with Crippen LogP contribution >= 0.6 is 0 Å². The molecule has 0 fully saturated rings. The Labute approximate surface area is 690 Å². The van der Waals surface area contributed by atoms with Crippen LogP contribution in [0.1, 0.15) is 288 Å². The van der Waals surface area contributed by atoms with Gasteiger partial charge in [-0.05, 0) is 88.2 Å². The van der Waals surface area contributed by atoms with E-state index in [2.05, 4.69) is 292 Å². The summed E-state index contributed by atoms with van der Waals surface area (Å²) >= 11 is 0. The van der Waals surface area contributed by atoms with Crippen molar-refractivity contribution in [3.63, 3.8) is 0 Å². The molecule has 1 aliphatic rings. The van der Waals surface area contributed by atoms with Gasteiger partial charge in [-0.15, -0.1) is 0 Å². The highest BCUT2D eigenvalue weighted by Gasteiger charge is 2.34. The minimum Gasteiger partial charge on any atom is -0.344 e. The quantitative estimate of drug-likeness (QED) is 0.133. The van der Waals surface area contributed by atoms with Gasteiger partial charge in [0.1, 0.15) is 0 Å². The largest absolute Gasteiger partial charge is 0.344 e. The summed E-state index contributed by atoms with van der Waals surface area (Å²) in [5.74, 6) is 0. The van der Waals surface area contributed by atoms with Gasteiger partial charge in [-0.1, -0.05) is 568 Å². The van der Waals surface area contributed by atoms with Gasteiger partial charge in [-0.3, -0.25) is 0 Å². The molecule has 1 heteroatoms. The van der Waals surface area contributed by atoms with Gasteiger partial charge >= 0.3 is 0 Å². The molecule has 1 nitrogen and oxygen atoms in total. The SMILES string of the molecule is CC.CC.CC.CC.CC.CC.CC.CC.CC.CC.CC.CC.CC.CC.CC.CC.CC.CC.CC.CC1(C)c2ccccc2-c2ccccc21.Cn1c2ccccc2c2ccccc21.c1ccc2c(c1)ccc1ccccc12.c1ccc2c(c1)ccc1ccccc12.c1ccc2ccccc2c1.c1ccccc1. The first-order chi connectivity index (χ1) is 55.0. The maximum atomic E-state index is 2.30. The van der Waals surface area contributed by atoms with Crippen LogP contribution in [0.3, 0.4) is 0 Å². The topological polar surface area (TPSA) is 4.93 Å². The Kier molecular flexibility index (Phi) is 103. The van der Waals surface area contributed by atoms with Gasteiger partial charge in [0.15, 0.2) is 0 Å². The molecule has 1 aromatic heterocycles. The molecule has 0 saturated carbocycles. The molecule has 15 rings (SSSR count). The molecule has 0 N–H and O–H groups in total. The second kappa shape index (κ2) is 93.3. The van der Waals surface area contributed by atoms with Crippen molar-refractivity contribution in [2.45, 2.75) is 282 Å². The lowest BCUT2D eigenvalue weighted by Crippen LogP contribution is -2.14. The third-order valence-electron chi connectivity index (χ3n) is 13.9. The zero-order valence-corrected chi connectivity index (χ0v) is 79.8. The summed E-state index contributed by atoms with van der Waals surface area (Å²) in [5, 5.41) is 15.9. The highest BCUT2D eigenvalue weighted by Crippen LogP contribution is 2.48. The second-order valence-electron chi connectivity index (χ2n) is 18.8. The van der Waals surface area contributed by atoms with Crippen molar-refractivity contribution in [1.29, 1.82) is 0 Å². The third-order valence-corrected chi connectivity index (χ3v) is 13.9. The first-order valence-electron chi connectivity index (χ1n) is 44.2. The molecule has 111 heavy (non-hydrogen) atoms. The predicted octanol–water partition coefficient (Wildman–Crippen LogP) is 39.3. The molecule has 14 aromatic rings. The summed E-state index contributed by atoms with van der Waals surface area (Å²) in [5.41, 5.74) is 8.46. The van der Waals surface area contributed by atoms with Gasteiger partial charge in [0.05, 0.1) is 0 Å². The van der Waals surface area contributed by atoms with E-state index in [-0.39, 0.29) is 5.41 Å². The predicted molar refractivity (Wildman–Crippen MR) is 533 cm³/mol. The molecule has 0 aliphatic heterocycles. The van der Waals surface area contributed by atoms with Crippen LogP contribution in [0.15, 0.2) is 303 Å². The minimum absolute atomic E-state index is 0.160. The van der Waals surface area contributed by atoms with Crippen LogP contribution in [0.5, 0.6) is 0 Å². The number of fused-ring (bicyclic) bond motifs is 13. The van der Waals surface area contributed by atoms with Crippen LogP contribution < -0.4 is 0 Å². The number of nitrogens with zero attached hydrogens (tertiary/aromatic N) is 1. The summed E-state index contributed by atoms with van der Waals surface area (Å²) in [6.07, 6.45) is 0. The van der Waals surface area contributed by atoms with E-state index in [4.69, 9.17) is 0 Å². The zero-order valence-electron chi connectivity index (χ0n) is 79.8. The van der Waals surface area contributed by atoms with Gasteiger partial charge in [-0.2, -0.15) is 0 Å². The number of para-hydroxylation sites is 2. The molecular weight excluding hydrogens is 1340 g/mol. The fourth-order valence-corrected chi connectivity index (χ4v) is 10.2. The van der Waals surface area contributed by atoms with Crippen LogP contribution in [0.25, 0.3) is 86.8 Å². The lowest BCUT2D eigenvalue weighted by molar-refractivity contribution is 0.660. The summed E-state index contributed by atoms with van der Waals surface area (Å²) in [6.45, 7) is 80.6. The summed E-state index contributed by atoms with van der Waals surface area (Å²) in [6, 6.07) is 106. The smallest absolute Gasteiger partial charge is 0.0488 e. The number of hydrogen-bond acceptors (Lipinski definition) is 0. The van der Waals surface area contributed by atoms with Crippen LogP contribution in [-0.4, -0.2) is 4.57 Å². The lowest BCUT2D eigenvalue weighted by Gasteiger charge is -2.20. The lowest BCUT2D eigenvalue weighted by atomic mass is 9.82. The van der Waals surface area contributed by atoms with Crippen molar-refractivity contribution in [2.75, 3.05) is 0 Å². The van der Waals surface area contributed by atoms with E-state index in [0.29, 0.717) is 0 Å². The molecule has 0 unspecified atom stereocenters. The first kappa shape index (κ1) is 123. The normalized spacial score (nSPS) is 8.66. The van der Waals surface area contributed by atoms with Crippen LogP contribution in [0, 0.1) is 0 Å². The second-order valence-corrected chi connectivity index (χ2v) is 18.8. The Bertz CT molecular complexity index is 3670.